The normalized spacial score (nSPS) is 11.5. The van der Waals surface area contributed by atoms with Crippen molar-refractivity contribution in [2.75, 3.05) is 0 Å². The Bertz CT molecular complexity index is 1110. The summed E-state index contributed by atoms with van der Waals surface area (Å²) in [6, 6.07) is 15.1. The minimum atomic E-state index is -4.05. The van der Waals surface area contributed by atoms with Gasteiger partial charge in [0.25, 0.3) is 5.69 Å². The lowest BCUT2D eigenvalue weighted by Gasteiger charge is -2.08. The van der Waals surface area contributed by atoms with Crippen LogP contribution in [0.4, 0.5) is 5.69 Å². The topological polar surface area (TPSA) is 107 Å². The smallest absolute Gasteiger partial charge is 0.265 e. The van der Waals surface area contributed by atoms with Gasteiger partial charge in [-0.3, -0.25) is 14.8 Å². The summed E-state index contributed by atoms with van der Waals surface area (Å²) in [5, 5.41) is 15.6. The highest BCUT2D eigenvalue weighted by atomic mass is 32.2. The summed E-state index contributed by atoms with van der Waals surface area (Å²) in [4.78, 5) is 10.1. The molecule has 0 saturated heterocycles. The number of aryl methyl sites for hydroxylation is 1. The number of para-hydroxylation sites is 1. The molecule has 3 rings (SSSR count). The van der Waals surface area contributed by atoms with Crippen molar-refractivity contribution in [2.24, 2.45) is 0 Å². The second kappa shape index (κ2) is 7.91. The molecule has 1 N–H and O–H groups in total. The molecule has 0 aliphatic heterocycles. The Morgan fingerprint density at radius 1 is 1.07 bits per heavy atom. The Balaban J connectivity index is 1.82. The van der Waals surface area contributed by atoms with Crippen LogP contribution in [0.2, 0.25) is 0 Å². The number of hydrogen-bond donors (Lipinski definition) is 1. The van der Waals surface area contributed by atoms with Crippen LogP contribution in [0.5, 0.6) is 0 Å². The Hall–Kier alpha value is -3.04. The molecular weight excluding hydrogens is 380 g/mol. The average Bonchev–Trinajstić information content (AvgIpc) is 2.94. The molecule has 146 valence electrons. The average molecular weight is 400 g/mol. The van der Waals surface area contributed by atoms with Crippen LogP contribution >= 0.6 is 0 Å². The molecule has 0 bridgehead atoms. The summed E-state index contributed by atoms with van der Waals surface area (Å²) in [6.07, 6.45) is 0. The first-order valence-corrected chi connectivity index (χ1v) is 10.1. The van der Waals surface area contributed by atoms with Crippen molar-refractivity contribution in [3.63, 3.8) is 0 Å². The first-order valence-electron chi connectivity index (χ1n) is 8.59. The van der Waals surface area contributed by atoms with E-state index in [0.717, 1.165) is 16.8 Å². The van der Waals surface area contributed by atoms with Crippen molar-refractivity contribution < 1.29 is 13.3 Å². The molecule has 0 aliphatic carbocycles. The highest BCUT2D eigenvalue weighted by Crippen LogP contribution is 2.23. The van der Waals surface area contributed by atoms with E-state index in [1.807, 2.05) is 48.9 Å². The minimum absolute atomic E-state index is 0.000832. The van der Waals surface area contributed by atoms with Crippen LogP contribution in [0.1, 0.15) is 22.5 Å². The van der Waals surface area contributed by atoms with Crippen LogP contribution in [-0.2, 0) is 23.1 Å². The zero-order valence-electron chi connectivity index (χ0n) is 15.5. The first-order chi connectivity index (χ1) is 13.3. The molecular formula is C19H20N4O4S. The molecule has 0 atom stereocenters. The van der Waals surface area contributed by atoms with Gasteiger partial charge in [-0.2, -0.15) is 5.10 Å². The predicted octanol–water partition coefficient (Wildman–Crippen LogP) is 2.93. The van der Waals surface area contributed by atoms with Gasteiger partial charge < -0.3 is 0 Å². The van der Waals surface area contributed by atoms with Crippen molar-refractivity contribution in [3.05, 3.63) is 87.2 Å². The molecule has 0 unspecified atom stereocenters. The van der Waals surface area contributed by atoms with Gasteiger partial charge in [-0.15, -0.1) is 0 Å². The van der Waals surface area contributed by atoms with Crippen LogP contribution in [0.25, 0.3) is 0 Å². The number of sulfonamides is 1. The molecule has 0 spiro atoms. The lowest BCUT2D eigenvalue weighted by atomic mass is 10.2. The molecule has 3 aromatic rings. The van der Waals surface area contributed by atoms with Gasteiger partial charge in [0.15, 0.2) is 4.90 Å². The Morgan fingerprint density at radius 3 is 2.39 bits per heavy atom. The quantitative estimate of drug-likeness (QED) is 0.485. The van der Waals surface area contributed by atoms with Gasteiger partial charge in [-0.25, -0.2) is 13.1 Å². The van der Waals surface area contributed by atoms with E-state index in [2.05, 4.69) is 9.82 Å². The van der Waals surface area contributed by atoms with Gasteiger partial charge in [0, 0.05) is 23.9 Å². The molecule has 0 saturated carbocycles. The van der Waals surface area contributed by atoms with Gasteiger partial charge in [-0.05, 0) is 25.5 Å². The zero-order valence-corrected chi connectivity index (χ0v) is 16.3. The number of aromatic nitrogens is 2. The third-order valence-electron chi connectivity index (χ3n) is 4.50. The van der Waals surface area contributed by atoms with E-state index in [9.17, 15) is 18.5 Å². The number of rotatable bonds is 7. The first kappa shape index (κ1) is 19.7. The largest absolute Gasteiger partial charge is 0.289 e. The molecule has 0 fully saturated rings. The van der Waals surface area contributed by atoms with E-state index >= 15 is 0 Å². The highest BCUT2D eigenvalue weighted by molar-refractivity contribution is 7.89. The van der Waals surface area contributed by atoms with Gasteiger partial charge in [-0.1, -0.05) is 42.5 Å². The molecule has 0 radical (unpaired) electrons. The molecule has 1 heterocycles. The fourth-order valence-corrected chi connectivity index (χ4v) is 4.15. The molecule has 28 heavy (non-hydrogen) atoms. The van der Waals surface area contributed by atoms with Crippen molar-refractivity contribution in [1.82, 2.24) is 14.5 Å². The monoisotopic (exact) mass is 400 g/mol. The van der Waals surface area contributed by atoms with E-state index in [-0.39, 0.29) is 11.4 Å². The fourth-order valence-electron chi connectivity index (χ4n) is 2.98. The summed E-state index contributed by atoms with van der Waals surface area (Å²) in [6.45, 7) is 4.26. The van der Waals surface area contributed by atoms with E-state index < -0.39 is 20.6 Å². The van der Waals surface area contributed by atoms with Crippen molar-refractivity contribution in [1.29, 1.82) is 0 Å². The third kappa shape index (κ3) is 4.10. The Kier molecular flexibility index (Phi) is 5.57. The molecule has 0 amide bonds. The fraction of sp³-hybridized carbons (Fsp3) is 0.211. The van der Waals surface area contributed by atoms with Gasteiger partial charge in [0.2, 0.25) is 10.0 Å². The van der Waals surface area contributed by atoms with E-state index in [1.165, 1.54) is 24.3 Å². The van der Waals surface area contributed by atoms with Gasteiger partial charge in [0.05, 0.1) is 17.2 Å². The predicted molar refractivity (Wildman–Crippen MR) is 104 cm³/mol. The van der Waals surface area contributed by atoms with E-state index in [4.69, 9.17) is 0 Å². The summed E-state index contributed by atoms with van der Waals surface area (Å²) < 4.78 is 29.5. The zero-order chi connectivity index (χ0) is 20.3. The molecule has 1 aromatic heterocycles. The van der Waals surface area contributed by atoms with Gasteiger partial charge >= 0.3 is 0 Å². The third-order valence-corrected chi connectivity index (χ3v) is 5.95. The van der Waals surface area contributed by atoms with Crippen molar-refractivity contribution >= 4 is 15.7 Å². The van der Waals surface area contributed by atoms with Gasteiger partial charge in [0.1, 0.15) is 0 Å². The summed E-state index contributed by atoms with van der Waals surface area (Å²) >= 11 is 0. The maximum absolute atomic E-state index is 12.6. The second-order valence-corrected chi connectivity index (χ2v) is 8.08. The second-order valence-electron chi connectivity index (χ2n) is 6.34. The van der Waals surface area contributed by atoms with Crippen LogP contribution in [0.3, 0.4) is 0 Å². The van der Waals surface area contributed by atoms with Crippen LogP contribution in [-0.4, -0.2) is 23.1 Å². The maximum atomic E-state index is 12.6. The number of hydrogen-bond acceptors (Lipinski definition) is 5. The van der Waals surface area contributed by atoms with Crippen LogP contribution in [0.15, 0.2) is 59.5 Å². The summed E-state index contributed by atoms with van der Waals surface area (Å²) in [7, 11) is -4.05. The van der Waals surface area contributed by atoms with E-state index in [1.54, 1.807) is 0 Å². The number of benzene rings is 2. The Labute approximate surface area is 163 Å². The SMILES string of the molecule is Cc1nn(Cc2ccccc2)c(C)c1CNS(=O)(=O)c1ccccc1[N+](=O)[O-]. The summed E-state index contributed by atoms with van der Waals surface area (Å²) in [5.74, 6) is 0. The molecule has 8 nitrogen and oxygen atoms in total. The number of nitrogens with one attached hydrogen (secondary N) is 1. The van der Waals surface area contributed by atoms with Crippen molar-refractivity contribution in [2.45, 2.75) is 31.8 Å². The molecule has 0 aliphatic rings. The van der Waals surface area contributed by atoms with Crippen LogP contribution < -0.4 is 4.72 Å². The Morgan fingerprint density at radius 2 is 1.71 bits per heavy atom. The maximum Gasteiger partial charge on any atom is 0.289 e. The summed E-state index contributed by atoms with van der Waals surface area (Å²) in [5.41, 5.74) is 2.92. The standard InChI is InChI=1S/C19H20N4O4S/c1-14-17(15(2)22(21-14)13-16-8-4-3-5-9-16)12-20-28(26,27)19-11-7-6-10-18(19)23(24)25/h3-11,20H,12-13H2,1-2H3. The lowest BCUT2D eigenvalue weighted by molar-refractivity contribution is -0.387. The number of nitro groups is 1. The highest BCUT2D eigenvalue weighted by Gasteiger charge is 2.25. The number of nitrogens with zero attached hydrogens (tertiary/aromatic N) is 3. The minimum Gasteiger partial charge on any atom is -0.265 e. The molecule has 2 aromatic carbocycles. The van der Waals surface area contributed by atoms with Crippen LogP contribution in [0, 0.1) is 24.0 Å². The lowest BCUT2D eigenvalue weighted by Crippen LogP contribution is -2.24. The van der Waals surface area contributed by atoms with Crippen molar-refractivity contribution in [3.8, 4) is 0 Å². The number of nitro benzene ring substituents is 1. The van der Waals surface area contributed by atoms with E-state index in [0.29, 0.717) is 12.2 Å². The molecule has 9 heteroatoms.